The van der Waals surface area contributed by atoms with Gasteiger partial charge in [-0.25, -0.2) is 0 Å². The van der Waals surface area contributed by atoms with Crippen molar-refractivity contribution in [3.8, 4) is 0 Å². The summed E-state index contributed by atoms with van der Waals surface area (Å²) >= 11 is 1.48. The molecular formula is C19H20N2O2S. The first kappa shape index (κ1) is 16.5. The van der Waals surface area contributed by atoms with Crippen LogP contribution in [0.4, 0.5) is 5.00 Å². The Morgan fingerprint density at radius 3 is 2.75 bits per heavy atom. The first-order valence-electron chi connectivity index (χ1n) is 8.03. The summed E-state index contributed by atoms with van der Waals surface area (Å²) in [6.07, 6.45) is 6.11. The van der Waals surface area contributed by atoms with Crippen molar-refractivity contribution in [1.29, 1.82) is 0 Å². The molecule has 5 heteroatoms. The summed E-state index contributed by atoms with van der Waals surface area (Å²) in [6.45, 7) is 2.17. The summed E-state index contributed by atoms with van der Waals surface area (Å²) in [5.74, 6) is -0.191. The molecule has 0 fully saturated rings. The van der Waals surface area contributed by atoms with Crippen molar-refractivity contribution in [2.24, 2.45) is 11.7 Å². The number of carbonyl (C=O) groups excluding carboxylic acids is 2. The zero-order valence-corrected chi connectivity index (χ0v) is 14.4. The van der Waals surface area contributed by atoms with Gasteiger partial charge < -0.3 is 11.1 Å². The van der Waals surface area contributed by atoms with Crippen LogP contribution in [0.15, 0.2) is 36.4 Å². The van der Waals surface area contributed by atoms with Crippen molar-refractivity contribution in [2.45, 2.75) is 26.2 Å². The molecule has 1 aromatic carbocycles. The molecule has 0 saturated carbocycles. The van der Waals surface area contributed by atoms with Crippen LogP contribution in [0.5, 0.6) is 0 Å². The lowest BCUT2D eigenvalue weighted by Gasteiger charge is -2.18. The van der Waals surface area contributed by atoms with E-state index >= 15 is 0 Å². The number of thiophene rings is 1. The molecular weight excluding hydrogens is 320 g/mol. The molecule has 1 aliphatic carbocycles. The van der Waals surface area contributed by atoms with Crippen LogP contribution in [0.2, 0.25) is 0 Å². The quantitative estimate of drug-likeness (QED) is 0.834. The minimum absolute atomic E-state index is 0.256. The van der Waals surface area contributed by atoms with E-state index in [9.17, 15) is 9.59 Å². The van der Waals surface area contributed by atoms with Crippen molar-refractivity contribution in [2.75, 3.05) is 5.32 Å². The summed E-state index contributed by atoms with van der Waals surface area (Å²) in [6, 6.07) is 9.59. The first-order valence-corrected chi connectivity index (χ1v) is 8.84. The molecule has 1 heterocycles. The number of rotatable bonds is 4. The molecule has 1 unspecified atom stereocenters. The summed E-state index contributed by atoms with van der Waals surface area (Å²) in [5, 5.41) is 3.40. The Hall–Kier alpha value is -2.40. The number of aryl methyl sites for hydroxylation is 1. The number of anilines is 1. The van der Waals surface area contributed by atoms with Crippen LogP contribution in [0.1, 0.15) is 39.7 Å². The van der Waals surface area contributed by atoms with E-state index in [1.54, 1.807) is 6.08 Å². The summed E-state index contributed by atoms with van der Waals surface area (Å²) < 4.78 is 0. The maximum atomic E-state index is 12.2. The van der Waals surface area contributed by atoms with Crippen molar-refractivity contribution in [3.63, 3.8) is 0 Å². The summed E-state index contributed by atoms with van der Waals surface area (Å²) in [4.78, 5) is 25.2. The molecule has 2 aromatic rings. The second-order valence-corrected chi connectivity index (χ2v) is 7.26. The Labute approximate surface area is 145 Å². The van der Waals surface area contributed by atoms with Gasteiger partial charge in [-0.05, 0) is 42.4 Å². The van der Waals surface area contributed by atoms with Crippen LogP contribution in [-0.4, -0.2) is 11.8 Å². The number of hydrogen-bond acceptors (Lipinski definition) is 3. The minimum atomic E-state index is -0.469. The van der Waals surface area contributed by atoms with Crippen molar-refractivity contribution in [1.82, 2.24) is 0 Å². The molecule has 3 N–H and O–H groups in total. The van der Waals surface area contributed by atoms with Gasteiger partial charge in [0.05, 0.1) is 5.56 Å². The minimum Gasteiger partial charge on any atom is -0.365 e. The fourth-order valence-electron chi connectivity index (χ4n) is 3.00. The van der Waals surface area contributed by atoms with E-state index in [-0.39, 0.29) is 5.91 Å². The second kappa shape index (κ2) is 7.01. The molecule has 0 spiro atoms. The van der Waals surface area contributed by atoms with Gasteiger partial charge in [0, 0.05) is 11.0 Å². The highest BCUT2D eigenvalue weighted by Gasteiger charge is 2.27. The van der Waals surface area contributed by atoms with Crippen LogP contribution in [0.3, 0.4) is 0 Å². The van der Waals surface area contributed by atoms with Crippen molar-refractivity contribution < 1.29 is 9.59 Å². The maximum absolute atomic E-state index is 12.2. The first-order chi connectivity index (χ1) is 11.5. The smallest absolute Gasteiger partial charge is 0.251 e. The normalized spacial score (nSPS) is 16.8. The van der Waals surface area contributed by atoms with Gasteiger partial charge in [0.25, 0.3) is 5.91 Å². The van der Waals surface area contributed by atoms with E-state index in [0.717, 1.165) is 30.4 Å². The van der Waals surface area contributed by atoms with Crippen LogP contribution in [0, 0.1) is 5.92 Å². The zero-order chi connectivity index (χ0) is 17.1. The Kier molecular flexibility index (Phi) is 4.81. The highest BCUT2D eigenvalue weighted by Crippen LogP contribution is 2.39. The number of primary amides is 1. The number of benzene rings is 1. The number of amides is 2. The zero-order valence-electron chi connectivity index (χ0n) is 13.5. The van der Waals surface area contributed by atoms with Crippen LogP contribution >= 0.6 is 11.3 Å². The van der Waals surface area contributed by atoms with E-state index in [1.807, 2.05) is 30.3 Å². The number of hydrogen-bond donors (Lipinski definition) is 2. The predicted molar refractivity (Wildman–Crippen MR) is 98.1 cm³/mol. The van der Waals surface area contributed by atoms with Gasteiger partial charge in [-0.2, -0.15) is 0 Å². The van der Waals surface area contributed by atoms with E-state index in [2.05, 4.69) is 12.2 Å². The number of nitrogens with one attached hydrogen (secondary N) is 1. The van der Waals surface area contributed by atoms with E-state index in [1.165, 1.54) is 22.3 Å². The third-order valence-electron chi connectivity index (χ3n) is 4.22. The van der Waals surface area contributed by atoms with Gasteiger partial charge >= 0.3 is 0 Å². The van der Waals surface area contributed by atoms with E-state index < -0.39 is 5.91 Å². The fourth-order valence-corrected chi connectivity index (χ4v) is 4.25. The number of fused-ring (bicyclic) bond motifs is 1. The Morgan fingerprint density at radius 1 is 1.29 bits per heavy atom. The van der Waals surface area contributed by atoms with Crippen molar-refractivity contribution >= 4 is 34.2 Å². The fraction of sp³-hybridized carbons (Fsp3) is 0.263. The molecule has 0 bridgehead atoms. The van der Waals surface area contributed by atoms with Gasteiger partial charge in [-0.3, -0.25) is 9.59 Å². The van der Waals surface area contributed by atoms with Crippen LogP contribution in [0.25, 0.3) is 6.08 Å². The molecule has 3 rings (SSSR count). The van der Waals surface area contributed by atoms with Gasteiger partial charge in [0.2, 0.25) is 5.91 Å². The van der Waals surface area contributed by atoms with Crippen LogP contribution < -0.4 is 11.1 Å². The lowest BCUT2D eigenvalue weighted by Crippen LogP contribution is -2.19. The highest BCUT2D eigenvalue weighted by atomic mass is 32.1. The van der Waals surface area contributed by atoms with Gasteiger partial charge in [-0.15, -0.1) is 11.3 Å². The van der Waals surface area contributed by atoms with Gasteiger partial charge in [-0.1, -0.05) is 37.3 Å². The third kappa shape index (κ3) is 3.57. The molecule has 0 saturated heterocycles. The number of carbonyl (C=O) groups is 2. The van der Waals surface area contributed by atoms with Crippen molar-refractivity contribution in [3.05, 3.63) is 58.0 Å². The second-order valence-electron chi connectivity index (χ2n) is 6.15. The Morgan fingerprint density at radius 2 is 2.04 bits per heavy atom. The lowest BCUT2D eigenvalue weighted by atomic mass is 9.87. The Bertz CT molecular complexity index is 793. The largest absolute Gasteiger partial charge is 0.365 e. The molecule has 24 heavy (non-hydrogen) atoms. The summed E-state index contributed by atoms with van der Waals surface area (Å²) in [5.41, 5.74) is 8.02. The molecule has 124 valence electrons. The third-order valence-corrected chi connectivity index (χ3v) is 5.42. The SMILES string of the molecule is CC1CCc2sc(NC(=O)C=Cc3ccccc3)c(C(N)=O)c2C1. The molecule has 0 radical (unpaired) electrons. The van der Waals surface area contributed by atoms with Gasteiger partial charge in [0.1, 0.15) is 5.00 Å². The summed E-state index contributed by atoms with van der Waals surface area (Å²) in [7, 11) is 0. The van der Waals surface area contributed by atoms with Crippen LogP contribution in [-0.2, 0) is 17.6 Å². The molecule has 1 atom stereocenters. The van der Waals surface area contributed by atoms with E-state index in [4.69, 9.17) is 5.73 Å². The maximum Gasteiger partial charge on any atom is 0.251 e. The molecule has 4 nitrogen and oxygen atoms in total. The molecule has 2 amide bonds. The average molecular weight is 340 g/mol. The monoisotopic (exact) mass is 340 g/mol. The lowest BCUT2D eigenvalue weighted by molar-refractivity contribution is -0.111. The predicted octanol–water partition coefficient (Wildman–Crippen LogP) is 3.62. The standard InChI is InChI=1S/C19H20N2O2S/c1-12-7-9-15-14(11-12)17(18(20)23)19(24-15)21-16(22)10-8-13-5-3-2-4-6-13/h2-6,8,10,12H,7,9,11H2,1H3,(H2,20,23)(H,21,22). The average Bonchev–Trinajstić information content (AvgIpc) is 2.91. The van der Waals surface area contributed by atoms with Gasteiger partial charge in [0.15, 0.2) is 0 Å². The molecule has 1 aliphatic rings. The topological polar surface area (TPSA) is 72.2 Å². The van der Waals surface area contributed by atoms with E-state index in [0.29, 0.717) is 16.5 Å². The Balaban J connectivity index is 1.81. The molecule has 1 aromatic heterocycles. The number of nitrogens with two attached hydrogens (primary N) is 1. The molecule has 0 aliphatic heterocycles. The highest BCUT2D eigenvalue weighted by molar-refractivity contribution is 7.17.